The molecule has 0 fully saturated rings. The van der Waals surface area contributed by atoms with Crippen LogP contribution >= 0.6 is 0 Å². The van der Waals surface area contributed by atoms with Crippen LogP contribution in [0, 0.1) is 12.8 Å². The number of carbonyl (C=O) groups is 1. The van der Waals surface area contributed by atoms with E-state index < -0.39 is 15.9 Å². The summed E-state index contributed by atoms with van der Waals surface area (Å²) in [6.45, 7) is 5.98. The van der Waals surface area contributed by atoms with E-state index in [1.165, 1.54) is 6.07 Å². The van der Waals surface area contributed by atoms with E-state index in [1.54, 1.807) is 31.2 Å². The summed E-state index contributed by atoms with van der Waals surface area (Å²) < 4.78 is 31.5. The molecule has 0 spiro atoms. The van der Waals surface area contributed by atoms with Crippen LogP contribution in [-0.2, 0) is 15.8 Å². The van der Waals surface area contributed by atoms with E-state index in [1.807, 2.05) is 13.8 Å². The van der Waals surface area contributed by atoms with Gasteiger partial charge in [0.2, 0.25) is 15.8 Å². The predicted octanol–water partition coefficient (Wildman–Crippen LogP) is 2.31. The molecule has 0 atom stereocenters. The normalized spacial score (nSPS) is 11.7. The number of aryl methyl sites for hydroxylation is 1. The number of nitrogens with one attached hydrogen (secondary N) is 2. The molecule has 1 heterocycles. The lowest BCUT2D eigenvalue weighted by atomic mass is 10.2. The first-order chi connectivity index (χ1) is 11.2. The minimum Gasteiger partial charge on any atom is -0.351 e. The van der Waals surface area contributed by atoms with Gasteiger partial charge >= 0.3 is 0 Å². The fraction of sp³-hybridized carbons (Fsp3) is 0.375. The zero-order chi connectivity index (χ0) is 17.7. The van der Waals surface area contributed by atoms with Crippen LogP contribution in [0.5, 0.6) is 0 Å². The van der Waals surface area contributed by atoms with Gasteiger partial charge in [-0.25, -0.2) is 13.1 Å². The van der Waals surface area contributed by atoms with E-state index in [0.29, 0.717) is 23.5 Å². The van der Waals surface area contributed by atoms with E-state index in [4.69, 9.17) is 4.52 Å². The van der Waals surface area contributed by atoms with Crippen molar-refractivity contribution in [2.24, 2.45) is 5.92 Å². The van der Waals surface area contributed by atoms with Crippen LogP contribution in [0.2, 0.25) is 0 Å². The summed E-state index contributed by atoms with van der Waals surface area (Å²) in [4.78, 5) is 12.0. The predicted molar refractivity (Wildman–Crippen MR) is 91.1 cm³/mol. The van der Waals surface area contributed by atoms with Crippen molar-refractivity contribution in [2.45, 2.75) is 26.5 Å². The fourth-order valence-electron chi connectivity index (χ4n) is 1.97. The monoisotopic (exact) mass is 351 g/mol. The number of rotatable bonds is 7. The topological polar surface area (TPSA) is 101 Å². The molecule has 1 amide bonds. The molecule has 130 valence electrons. The Morgan fingerprint density at radius 3 is 2.67 bits per heavy atom. The van der Waals surface area contributed by atoms with Gasteiger partial charge in [-0.15, -0.1) is 0 Å². The summed E-state index contributed by atoms with van der Waals surface area (Å²) in [6, 6.07) is 8.21. The Morgan fingerprint density at radius 1 is 1.29 bits per heavy atom. The van der Waals surface area contributed by atoms with Gasteiger partial charge in [0, 0.05) is 18.3 Å². The second-order valence-corrected chi connectivity index (χ2v) is 7.80. The third kappa shape index (κ3) is 5.47. The maximum Gasteiger partial charge on any atom is 0.294 e. The standard InChI is InChI=1S/C16H21N3O4S/c1-11(2)9-17-24(21,22)10-13-5-4-6-14(8-13)18-16(20)15-7-12(3)19-23-15/h4-8,11,17H,9-10H2,1-3H3,(H,18,20). The summed E-state index contributed by atoms with van der Waals surface area (Å²) in [5.41, 5.74) is 1.68. The van der Waals surface area contributed by atoms with Crippen LogP contribution < -0.4 is 10.0 Å². The Balaban J connectivity index is 2.04. The third-order valence-electron chi connectivity index (χ3n) is 3.10. The first kappa shape index (κ1) is 18.2. The molecular formula is C16H21N3O4S. The van der Waals surface area contributed by atoms with Crippen LogP contribution in [0.3, 0.4) is 0 Å². The molecule has 0 unspecified atom stereocenters. The number of amides is 1. The minimum absolute atomic E-state index is 0.101. The van der Waals surface area contributed by atoms with E-state index in [2.05, 4.69) is 15.2 Å². The highest BCUT2D eigenvalue weighted by Crippen LogP contribution is 2.15. The van der Waals surface area contributed by atoms with Gasteiger partial charge in [-0.1, -0.05) is 31.1 Å². The number of benzene rings is 1. The average Bonchev–Trinajstić information content (AvgIpc) is 2.92. The second kappa shape index (κ2) is 7.59. The molecule has 1 aromatic heterocycles. The molecule has 0 saturated carbocycles. The zero-order valence-electron chi connectivity index (χ0n) is 13.9. The number of hydrogen-bond donors (Lipinski definition) is 2. The van der Waals surface area contributed by atoms with Crippen molar-refractivity contribution in [1.29, 1.82) is 0 Å². The summed E-state index contributed by atoms with van der Waals surface area (Å²) in [7, 11) is -3.41. The van der Waals surface area contributed by atoms with Crippen molar-refractivity contribution in [1.82, 2.24) is 9.88 Å². The number of aromatic nitrogens is 1. The molecule has 2 rings (SSSR count). The Bertz CT molecular complexity index is 812. The summed E-state index contributed by atoms with van der Waals surface area (Å²) in [5.74, 6) is -0.251. The SMILES string of the molecule is Cc1cc(C(=O)Nc2cccc(CS(=O)(=O)NCC(C)C)c2)on1. The van der Waals surface area contributed by atoms with Gasteiger partial charge in [-0.05, 0) is 30.5 Å². The zero-order valence-corrected chi connectivity index (χ0v) is 14.7. The molecule has 8 heteroatoms. The average molecular weight is 351 g/mol. The van der Waals surface area contributed by atoms with Gasteiger partial charge in [0.25, 0.3) is 5.91 Å². The van der Waals surface area contributed by atoms with Crippen molar-refractivity contribution >= 4 is 21.6 Å². The molecule has 0 aliphatic heterocycles. The molecule has 0 aliphatic carbocycles. The lowest BCUT2D eigenvalue weighted by molar-refractivity contribution is 0.0988. The van der Waals surface area contributed by atoms with Crippen LogP contribution in [0.15, 0.2) is 34.9 Å². The molecule has 2 N–H and O–H groups in total. The summed E-state index contributed by atoms with van der Waals surface area (Å²) >= 11 is 0. The Kier molecular flexibility index (Phi) is 5.74. The van der Waals surface area contributed by atoms with Gasteiger partial charge in [-0.3, -0.25) is 4.79 Å². The van der Waals surface area contributed by atoms with Crippen LogP contribution in [0.4, 0.5) is 5.69 Å². The van der Waals surface area contributed by atoms with Crippen molar-refractivity contribution in [3.63, 3.8) is 0 Å². The minimum atomic E-state index is -3.41. The highest BCUT2D eigenvalue weighted by atomic mass is 32.2. The maximum absolute atomic E-state index is 12.0. The molecule has 7 nitrogen and oxygen atoms in total. The third-order valence-corrected chi connectivity index (χ3v) is 4.42. The number of anilines is 1. The maximum atomic E-state index is 12.0. The molecule has 0 aliphatic rings. The van der Waals surface area contributed by atoms with Gasteiger partial charge in [0.1, 0.15) is 0 Å². The molecule has 0 bridgehead atoms. The van der Waals surface area contributed by atoms with Gasteiger partial charge in [0.05, 0.1) is 11.4 Å². The Labute approximate surface area is 141 Å². The van der Waals surface area contributed by atoms with Gasteiger partial charge in [-0.2, -0.15) is 0 Å². The lowest BCUT2D eigenvalue weighted by Gasteiger charge is -2.10. The first-order valence-corrected chi connectivity index (χ1v) is 9.21. The van der Waals surface area contributed by atoms with E-state index in [9.17, 15) is 13.2 Å². The van der Waals surface area contributed by atoms with E-state index >= 15 is 0 Å². The quantitative estimate of drug-likeness (QED) is 0.797. The Morgan fingerprint density at radius 2 is 2.04 bits per heavy atom. The Hall–Kier alpha value is -2.19. The van der Waals surface area contributed by atoms with Crippen molar-refractivity contribution in [3.05, 3.63) is 47.3 Å². The van der Waals surface area contributed by atoms with Crippen molar-refractivity contribution in [3.8, 4) is 0 Å². The van der Waals surface area contributed by atoms with Crippen LogP contribution in [-0.4, -0.2) is 26.0 Å². The highest BCUT2D eigenvalue weighted by Gasteiger charge is 2.14. The van der Waals surface area contributed by atoms with Crippen LogP contribution in [0.1, 0.15) is 35.7 Å². The number of sulfonamides is 1. The molecular weight excluding hydrogens is 330 g/mol. The summed E-state index contributed by atoms with van der Waals surface area (Å²) in [5, 5.41) is 6.32. The van der Waals surface area contributed by atoms with Crippen molar-refractivity contribution < 1.29 is 17.7 Å². The molecule has 2 aromatic rings. The van der Waals surface area contributed by atoms with Crippen molar-refractivity contribution in [2.75, 3.05) is 11.9 Å². The number of hydrogen-bond acceptors (Lipinski definition) is 5. The number of nitrogens with zero attached hydrogens (tertiary/aromatic N) is 1. The fourth-order valence-corrected chi connectivity index (χ4v) is 3.27. The number of carbonyl (C=O) groups excluding carboxylic acids is 1. The molecule has 24 heavy (non-hydrogen) atoms. The first-order valence-electron chi connectivity index (χ1n) is 7.56. The lowest BCUT2D eigenvalue weighted by Crippen LogP contribution is -2.28. The van der Waals surface area contributed by atoms with Gasteiger partial charge < -0.3 is 9.84 Å². The molecule has 1 aromatic carbocycles. The van der Waals surface area contributed by atoms with Gasteiger partial charge in [0.15, 0.2) is 0 Å². The summed E-state index contributed by atoms with van der Waals surface area (Å²) in [6.07, 6.45) is 0. The van der Waals surface area contributed by atoms with E-state index in [-0.39, 0.29) is 17.4 Å². The highest BCUT2D eigenvalue weighted by molar-refractivity contribution is 7.88. The smallest absolute Gasteiger partial charge is 0.294 e. The van der Waals surface area contributed by atoms with Crippen LogP contribution in [0.25, 0.3) is 0 Å². The molecule has 0 saturated heterocycles. The second-order valence-electron chi connectivity index (χ2n) is 5.99. The van der Waals surface area contributed by atoms with E-state index in [0.717, 1.165) is 0 Å². The largest absolute Gasteiger partial charge is 0.351 e. The molecule has 0 radical (unpaired) electrons.